The number of nitriles is 1. The van der Waals surface area contributed by atoms with E-state index in [9.17, 15) is 22.7 Å². The van der Waals surface area contributed by atoms with Crippen LogP contribution in [0.3, 0.4) is 0 Å². The maximum atomic E-state index is 15.2. The highest BCUT2D eigenvalue weighted by molar-refractivity contribution is 7.92. The summed E-state index contributed by atoms with van der Waals surface area (Å²) in [5.41, 5.74) is -0.589. The summed E-state index contributed by atoms with van der Waals surface area (Å²) in [6.07, 6.45) is 2.64. The minimum absolute atomic E-state index is 0.0643. The van der Waals surface area contributed by atoms with E-state index in [1.807, 2.05) is 0 Å². The van der Waals surface area contributed by atoms with Crippen LogP contribution in [0.5, 0.6) is 5.75 Å². The molecular weight excluding hydrogens is 420 g/mol. The number of carbonyl (C=O) groups excluding carboxylic acids is 1. The van der Waals surface area contributed by atoms with E-state index in [0.717, 1.165) is 12.1 Å². The van der Waals surface area contributed by atoms with Gasteiger partial charge in [-0.3, -0.25) is 4.79 Å². The summed E-state index contributed by atoms with van der Waals surface area (Å²) in [7, 11) is -4.34. The molecule has 1 aliphatic rings. The van der Waals surface area contributed by atoms with Crippen LogP contribution in [0.4, 0.5) is 14.5 Å². The molecule has 2 aromatic carbocycles. The van der Waals surface area contributed by atoms with Crippen LogP contribution in [0.1, 0.15) is 5.56 Å². The Bertz CT molecular complexity index is 1350. The Labute approximate surface area is 168 Å². The highest BCUT2D eigenvalue weighted by Crippen LogP contribution is 2.38. The lowest BCUT2D eigenvalue weighted by Gasteiger charge is -2.18. The van der Waals surface area contributed by atoms with Gasteiger partial charge in [-0.05, 0) is 30.3 Å². The Morgan fingerprint density at radius 1 is 1.23 bits per heavy atom. The Kier molecular flexibility index (Phi) is 4.39. The number of nitrogens with zero attached hydrogens (tertiary/aromatic N) is 4. The number of carbonyl (C=O) groups is 1. The molecule has 152 valence electrons. The van der Waals surface area contributed by atoms with E-state index >= 15 is 4.39 Å². The molecule has 0 bridgehead atoms. The molecular formula is C18H11F2N5O4S. The fraction of sp³-hybridized carbons (Fsp3) is 0.0556. The standard InChI is InChI=1S/C18H11F2N5O4S/c19-13-5-11(2-1-10(13)6-21)24-7-14(22-9-24)12-3-4-15(26)18(17(12)20)25-8-16(27)23-30(25,28)29/h1-5,7,9,26H,8H2,(H,23,27). The third kappa shape index (κ3) is 3.11. The van der Waals surface area contributed by atoms with Gasteiger partial charge in [0.15, 0.2) is 5.82 Å². The minimum atomic E-state index is -4.34. The Morgan fingerprint density at radius 3 is 2.63 bits per heavy atom. The van der Waals surface area contributed by atoms with Crippen LogP contribution in [-0.4, -0.2) is 35.5 Å². The van der Waals surface area contributed by atoms with Crippen LogP contribution in [0.25, 0.3) is 16.9 Å². The van der Waals surface area contributed by atoms with Crippen molar-refractivity contribution in [2.24, 2.45) is 0 Å². The molecule has 30 heavy (non-hydrogen) atoms. The molecule has 1 saturated heterocycles. The van der Waals surface area contributed by atoms with Crippen molar-refractivity contribution in [1.29, 1.82) is 5.26 Å². The van der Waals surface area contributed by atoms with E-state index in [-0.39, 0.29) is 16.8 Å². The van der Waals surface area contributed by atoms with Crippen molar-refractivity contribution in [3.05, 3.63) is 60.1 Å². The zero-order valence-corrected chi connectivity index (χ0v) is 15.7. The zero-order valence-electron chi connectivity index (χ0n) is 14.9. The molecule has 1 amide bonds. The molecule has 12 heteroatoms. The predicted octanol–water partition coefficient (Wildman–Crippen LogP) is 1.58. The minimum Gasteiger partial charge on any atom is -0.506 e. The lowest BCUT2D eigenvalue weighted by Crippen LogP contribution is -2.30. The summed E-state index contributed by atoms with van der Waals surface area (Å²) in [4.78, 5) is 15.5. The van der Waals surface area contributed by atoms with Gasteiger partial charge in [-0.1, -0.05) is 0 Å². The average molecular weight is 431 g/mol. The van der Waals surface area contributed by atoms with Crippen molar-refractivity contribution in [2.75, 3.05) is 10.8 Å². The SMILES string of the molecule is N#Cc1ccc(-n2cnc(-c3ccc(O)c(N4CC(=O)NS4(=O)=O)c3F)c2)cc1F. The molecule has 2 heterocycles. The molecule has 4 rings (SSSR count). The fourth-order valence-corrected chi connectivity index (χ4v) is 4.16. The van der Waals surface area contributed by atoms with Gasteiger partial charge in [0.25, 0.3) is 5.91 Å². The van der Waals surface area contributed by atoms with Crippen molar-refractivity contribution in [2.45, 2.75) is 0 Å². The molecule has 1 aliphatic heterocycles. The van der Waals surface area contributed by atoms with Crippen molar-refractivity contribution >= 4 is 21.8 Å². The summed E-state index contributed by atoms with van der Waals surface area (Å²) in [6, 6.07) is 7.84. The first-order valence-corrected chi connectivity index (χ1v) is 9.74. The average Bonchev–Trinajstić information content (AvgIpc) is 3.26. The van der Waals surface area contributed by atoms with Crippen molar-refractivity contribution < 1.29 is 27.1 Å². The second-order valence-electron chi connectivity index (χ2n) is 6.27. The smallest absolute Gasteiger partial charge is 0.326 e. The molecule has 0 aliphatic carbocycles. The van der Waals surface area contributed by atoms with Gasteiger partial charge in [0, 0.05) is 17.4 Å². The molecule has 9 nitrogen and oxygen atoms in total. The van der Waals surface area contributed by atoms with Gasteiger partial charge >= 0.3 is 10.2 Å². The number of nitrogens with one attached hydrogen (secondary N) is 1. The highest BCUT2D eigenvalue weighted by Gasteiger charge is 2.38. The van der Waals surface area contributed by atoms with Crippen molar-refractivity contribution in [1.82, 2.24) is 14.3 Å². The van der Waals surface area contributed by atoms with Gasteiger partial charge < -0.3 is 9.67 Å². The van der Waals surface area contributed by atoms with E-state index < -0.39 is 45.7 Å². The number of hydrogen-bond acceptors (Lipinski definition) is 6. The summed E-state index contributed by atoms with van der Waals surface area (Å²) < 4.78 is 56.6. The topological polar surface area (TPSA) is 128 Å². The number of aromatic nitrogens is 2. The van der Waals surface area contributed by atoms with Gasteiger partial charge in [-0.2, -0.15) is 13.7 Å². The Balaban J connectivity index is 1.77. The third-order valence-corrected chi connectivity index (χ3v) is 5.77. The van der Waals surface area contributed by atoms with Crippen LogP contribution in [0.15, 0.2) is 42.9 Å². The number of halogens is 2. The third-order valence-electron chi connectivity index (χ3n) is 4.39. The van der Waals surface area contributed by atoms with Crippen LogP contribution >= 0.6 is 0 Å². The summed E-state index contributed by atoms with van der Waals surface area (Å²) in [5, 5.41) is 18.8. The zero-order chi connectivity index (χ0) is 21.6. The monoisotopic (exact) mass is 431 g/mol. The fourth-order valence-electron chi connectivity index (χ4n) is 2.99. The maximum Gasteiger partial charge on any atom is 0.326 e. The second kappa shape index (κ2) is 6.82. The van der Waals surface area contributed by atoms with E-state index in [0.29, 0.717) is 9.99 Å². The number of hydrogen-bond donors (Lipinski definition) is 2. The van der Waals surface area contributed by atoms with Gasteiger partial charge in [0.05, 0.1) is 17.6 Å². The first-order valence-electron chi connectivity index (χ1n) is 8.30. The van der Waals surface area contributed by atoms with E-state index in [1.165, 1.54) is 35.3 Å². The van der Waals surface area contributed by atoms with E-state index in [4.69, 9.17) is 5.26 Å². The van der Waals surface area contributed by atoms with Gasteiger partial charge in [0.1, 0.15) is 29.9 Å². The number of amides is 1. The lowest BCUT2D eigenvalue weighted by molar-refractivity contribution is -0.117. The van der Waals surface area contributed by atoms with Crippen LogP contribution in [0.2, 0.25) is 0 Å². The molecule has 0 spiro atoms. The molecule has 1 fully saturated rings. The molecule has 0 unspecified atom stereocenters. The lowest BCUT2D eigenvalue weighted by atomic mass is 10.1. The Hall–Kier alpha value is -3.98. The number of phenols is 1. The highest BCUT2D eigenvalue weighted by atomic mass is 32.2. The number of imidazole rings is 1. The summed E-state index contributed by atoms with van der Waals surface area (Å²) in [5.74, 6) is -3.39. The summed E-state index contributed by atoms with van der Waals surface area (Å²) >= 11 is 0. The number of benzene rings is 2. The van der Waals surface area contributed by atoms with Crippen LogP contribution < -0.4 is 9.03 Å². The number of phenolic OH excluding ortho intramolecular Hbond substituents is 1. The van der Waals surface area contributed by atoms with Gasteiger partial charge in [-0.25, -0.2) is 22.8 Å². The van der Waals surface area contributed by atoms with E-state index in [1.54, 1.807) is 10.8 Å². The number of aromatic hydroxyl groups is 1. The van der Waals surface area contributed by atoms with Crippen molar-refractivity contribution in [3.63, 3.8) is 0 Å². The van der Waals surface area contributed by atoms with Gasteiger partial charge in [-0.15, -0.1) is 0 Å². The maximum absolute atomic E-state index is 15.2. The summed E-state index contributed by atoms with van der Waals surface area (Å²) in [6.45, 7) is -0.685. The molecule has 0 atom stereocenters. The largest absolute Gasteiger partial charge is 0.506 e. The first-order chi connectivity index (χ1) is 14.2. The Morgan fingerprint density at radius 2 is 2.00 bits per heavy atom. The molecule has 2 N–H and O–H groups in total. The van der Waals surface area contributed by atoms with E-state index in [2.05, 4.69) is 4.98 Å². The number of anilines is 1. The van der Waals surface area contributed by atoms with Crippen molar-refractivity contribution in [3.8, 4) is 28.8 Å². The molecule has 3 aromatic rings. The molecule has 1 aromatic heterocycles. The molecule has 0 saturated carbocycles. The van der Waals surface area contributed by atoms with Gasteiger partial charge in [0.2, 0.25) is 0 Å². The van der Waals surface area contributed by atoms with Crippen LogP contribution in [0, 0.1) is 23.0 Å². The normalized spacial score (nSPS) is 15.1. The number of rotatable bonds is 3. The molecule has 0 radical (unpaired) electrons. The predicted molar refractivity (Wildman–Crippen MR) is 99.7 cm³/mol. The van der Waals surface area contributed by atoms with Crippen LogP contribution in [-0.2, 0) is 15.0 Å². The second-order valence-corrected chi connectivity index (χ2v) is 7.87. The first kappa shape index (κ1) is 19.3. The quantitative estimate of drug-likeness (QED) is 0.648.